The van der Waals surface area contributed by atoms with Crippen LogP contribution in [0.1, 0.15) is 17.5 Å². The molecule has 6 nitrogen and oxygen atoms in total. The summed E-state index contributed by atoms with van der Waals surface area (Å²) in [4.78, 5) is 16.2. The van der Waals surface area contributed by atoms with Crippen molar-refractivity contribution in [3.63, 3.8) is 0 Å². The number of benzene rings is 1. The van der Waals surface area contributed by atoms with Crippen LogP contribution in [0.2, 0.25) is 5.15 Å². The van der Waals surface area contributed by atoms with E-state index in [-0.39, 0.29) is 16.7 Å². The second kappa shape index (κ2) is 6.49. The molecule has 1 amide bonds. The lowest BCUT2D eigenvalue weighted by atomic mass is 10.1. The van der Waals surface area contributed by atoms with Crippen LogP contribution in [0.25, 0.3) is 10.9 Å². The molecule has 1 N–H and O–H groups in total. The molecule has 2 aromatic rings. The standard InChI is InChI=1S/C16H16ClN3O3S/c1-10-2-3-11-7-13(15(17)19-14(11)6-10)8-18-20-16(21)12-4-5-24(22,23)9-12/h2-3,6-8,12H,4-5,9H2,1H3,(H,20,21)/b18-8-/t12-/m1/s1. The van der Waals surface area contributed by atoms with Gasteiger partial charge in [-0.05, 0) is 31.0 Å². The van der Waals surface area contributed by atoms with E-state index in [1.807, 2.05) is 31.2 Å². The van der Waals surface area contributed by atoms with Crippen LogP contribution < -0.4 is 5.43 Å². The van der Waals surface area contributed by atoms with Crippen LogP contribution in [0.3, 0.4) is 0 Å². The minimum atomic E-state index is -3.10. The number of carbonyl (C=O) groups is 1. The highest BCUT2D eigenvalue weighted by molar-refractivity contribution is 7.91. The molecular weight excluding hydrogens is 350 g/mol. The third-order valence-corrected chi connectivity index (χ3v) is 6.01. The van der Waals surface area contributed by atoms with Gasteiger partial charge in [-0.1, -0.05) is 23.7 Å². The van der Waals surface area contributed by atoms with Crippen LogP contribution >= 0.6 is 11.6 Å². The highest BCUT2D eigenvalue weighted by Gasteiger charge is 2.32. The number of amides is 1. The molecule has 1 aromatic carbocycles. The maximum absolute atomic E-state index is 11.9. The number of nitrogens with one attached hydrogen (secondary N) is 1. The van der Waals surface area contributed by atoms with E-state index in [2.05, 4.69) is 15.5 Å². The monoisotopic (exact) mass is 365 g/mol. The molecule has 0 radical (unpaired) electrons. The van der Waals surface area contributed by atoms with Gasteiger partial charge in [0, 0.05) is 10.9 Å². The minimum Gasteiger partial charge on any atom is -0.273 e. The summed E-state index contributed by atoms with van der Waals surface area (Å²) >= 11 is 6.14. The van der Waals surface area contributed by atoms with E-state index in [0.717, 1.165) is 16.5 Å². The summed E-state index contributed by atoms with van der Waals surface area (Å²) in [7, 11) is -3.10. The Morgan fingerprint density at radius 1 is 1.42 bits per heavy atom. The molecule has 1 atom stereocenters. The number of hydrogen-bond acceptors (Lipinski definition) is 5. The third kappa shape index (κ3) is 3.73. The van der Waals surface area contributed by atoms with Crippen molar-refractivity contribution < 1.29 is 13.2 Å². The molecule has 0 saturated carbocycles. The Morgan fingerprint density at radius 2 is 2.21 bits per heavy atom. The van der Waals surface area contributed by atoms with Crippen molar-refractivity contribution in [2.75, 3.05) is 11.5 Å². The maximum Gasteiger partial charge on any atom is 0.244 e. The lowest BCUT2D eigenvalue weighted by Crippen LogP contribution is -2.27. The number of carbonyl (C=O) groups excluding carboxylic acids is 1. The second-order valence-corrected chi connectivity index (χ2v) is 8.49. The zero-order valence-electron chi connectivity index (χ0n) is 13.0. The number of sulfone groups is 1. The highest BCUT2D eigenvalue weighted by Crippen LogP contribution is 2.21. The van der Waals surface area contributed by atoms with Gasteiger partial charge in [-0.15, -0.1) is 0 Å². The van der Waals surface area contributed by atoms with Crippen molar-refractivity contribution in [2.45, 2.75) is 13.3 Å². The van der Waals surface area contributed by atoms with E-state index in [0.29, 0.717) is 12.0 Å². The summed E-state index contributed by atoms with van der Waals surface area (Å²) in [5, 5.41) is 5.08. The fraction of sp³-hybridized carbons (Fsp3) is 0.312. The van der Waals surface area contributed by atoms with E-state index in [4.69, 9.17) is 11.6 Å². The molecule has 1 aliphatic rings. The zero-order valence-corrected chi connectivity index (χ0v) is 14.6. The first-order valence-corrected chi connectivity index (χ1v) is 9.64. The Bertz CT molecular complexity index is 941. The largest absolute Gasteiger partial charge is 0.273 e. The molecule has 24 heavy (non-hydrogen) atoms. The number of aromatic nitrogens is 1. The van der Waals surface area contributed by atoms with Gasteiger partial charge in [0.2, 0.25) is 5.91 Å². The van der Waals surface area contributed by atoms with Crippen molar-refractivity contribution in [1.82, 2.24) is 10.4 Å². The van der Waals surface area contributed by atoms with Crippen LogP contribution in [-0.2, 0) is 14.6 Å². The summed E-state index contributed by atoms with van der Waals surface area (Å²) in [5.74, 6) is -1.01. The fourth-order valence-corrected chi connectivity index (χ4v) is 4.55. The summed E-state index contributed by atoms with van der Waals surface area (Å²) < 4.78 is 22.8. The molecule has 2 heterocycles. The molecule has 126 valence electrons. The SMILES string of the molecule is Cc1ccc2cc(/C=N\NC(=O)[C@@H]3CCS(=O)(=O)C3)c(Cl)nc2c1. The summed E-state index contributed by atoms with van der Waals surface area (Å²) in [5.41, 5.74) is 4.83. The Balaban J connectivity index is 1.72. The first kappa shape index (κ1) is 16.9. The molecule has 8 heteroatoms. The number of fused-ring (bicyclic) bond motifs is 1. The Hall–Kier alpha value is -1.99. The maximum atomic E-state index is 11.9. The van der Waals surface area contributed by atoms with Crippen molar-refractivity contribution in [3.8, 4) is 0 Å². The molecule has 0 unspecified atom stereocenters. The minimum absolute atomic E-state index is 0.0502. The first-order valence-electron chi connectivity index (χ1n) is 7.44. The highest BCUT2D eigenvalue weighted by atomic mass is 35.5. The predicted octanol–water partition coefficient (Wildman–Crippen LogP) is 2.08. The van der Waals surface area contributed by atoms with Gasteiger partial charge < -0.3 is 0 Å². The molecule has 1 fully saturated rings. The van der Waals surface area contributed by atoms with E-state index in [1.54, 1.807) is 0 Å². The number of aryl methyl sites for hydroxylation is 1. The van der Waals surface area contributed by atoms with Gasteiger partial charge in [-0.2, -0.15) is 5.10 Å². The van der Waals surface area contributed by atoms with Crippen LogP contribution in [0.15, 0.2) is 29.4 Å². The van der Waals surface area contributed by atoms with Gasteiger partial charge in [0.25, 0.3) is 0 Å². The van der Waals surface area contributed by atoms with Crippen LogP contribution in [-0.4, -0.2) is 37.0 Å². The number of rotatable bonds is 3. The van der Waals surface area contributed by atoms with Crippen molar-refractivity contribution in [3.05, 3.63) is 40.5 Å². The van der Waals surface area contributed by atoms with Crippen molar-refractivity contribution >= 4 is 44.5 Å². The molecule has 1 aliphatic heterocycles. The third-order valence-electron chi connectivity index (χ3n) is 3.94. The number of hydrogen-bond donors (Lipinski definition) is 1. The van der Waals surface area contributed by atoms with E-state index < -0.39 is 21.7 Å². The summed E-state index contributed by atoms with van der Waals surface area (Å²) in [6.45, 7) is 1.98. The fourth-order valence-electron chi connectivity index (χ4n) is 2.62. The summed E-state index contributed by atoms with van der Waals surface area (Å²) in [6.07, 6.45) is 1.75. The molecule has 3 rings (SSSR count). The number of halogens is 1. The normalized spacial score (nSPS) is 19.8. The number of nitrogens with zero attached hydrogens (tertiary/aromatic N) is 2. The van der Waals surface area contributed by atoms with E-state index in [1.165, 1.54) is 6.21 Å². The summed E-state index contributed by atoms with van der Waals surface area (Å²) in [6, 6.07) is 7.68. The van der Waals surface area contributed by atoms with E-state index in [9.17, 15) is 13.2 Å². The van der Waals surface area contributed by atoms with Crippen molar-refractivity contribution in [1.29, 1.82) is 0 Å². The lowest BCUT2D eigenvalue weighted by Gasteiger charge is -2.05. The van der Waals surface area contributed by atoms with Crippen LogP contribution in [0.4, 0.5) is 0 Å². The van der Waals surface area contributed by atoms with Crippen LogP contribution in [0, 0.1) is 12.8 Å². The predicted molar refractivity (Wildman–Crippen MR) is 94.0 cm³/mol. The molecule has 0 spiro atoms. The van der Waals surface area contributed by atoms with Crippen LogP contribution in [0.5, 0.6) is 0 Å². The quantitative estimate of drug-likeness (QED) is 0.512. The smallest absolute Gasteiger partial charge is 0.244 e. The van der Waals surface area contributed by atoms with Crippen molar-refractivity contribution in [2.24, 2.45) is 11.0 Å². The zero-order chi connectivity index (χ0) is 17.3. The van der Waals surface area contributed by atoms with Gasteiger partial charge in [-0.25, -0.2) is 18.8 Å². The van der Waals surface area contributed by atoms with Gasteiger partial charge in [0.1, 0.15) is 5.15 Å². The Labute approximate surface area is 144 Å². The van der Waals surface area contributed by atoms with E-state index >= 15 is 0 Å². The average Bonchev–Trinajstić information content (AvgIpc) is 2.88. The number of pyridine rings is 1. The average molecular weight is 366 g/mol. The molecule has 1 saturated heterocycles. The van der Waals surface area contributed by atoms with Gasteiger partial charge in [0.05, 0.1) is 29.2 Å². The Kier molecular flexibility index (Phi) is 4.56. The lowest BCUT2D eigenvalue weighted by molar-refractivity contribution is -0.124. The number of hydrazone groups is 1. The van der Waals surface area contributed by atoms with Gasteiger partial charge in [-0.3, -0.25) is 4.79 Å². The second-order valence-electron chi connectivity index (χ2n) is 5.90. The first-order chi connectivity index (χ1) is 11.3. The van der Waals surface area contributed by atoms with Gasteiger partial charge in [0.15, 0.2) is 9.84 Å². The molecule has 1 aromatic heterocycles. The molecule has 0 bridgehead atoms. The topological polar surface area (TPSA) is 88.5 Å². The molecular formula is C16H16ClN3O3S. The van der Waals surface area contributed by atoms with Gasteiger partial charge >= 0.3 is 0 Å². The Morgan fingerprint density at radius 3 is 2.92 bits per heavy atom. The molecule has 0 aliphatic carbocycles.